The summed E-state index contributed by atoms with van der Waals surface area (Å²) in [5, 5.41) is 3.78. The number of hydrogen-bond acceptors (Lipinski definition) is 1. The van der Waals surface area contributed by atoms with E-state index in [1.54, 1.807) is 25.7 Å². The molecule has 3 saturated carbocycles. The Morgan fingerprint density at radius 3 is 2.35 bits per heavy atom. The molecule has 3 fully saturated rings. The van der Waals surface area contributed by atoms with E-state index in [-0.39, 0.29) is 0 Å². The summed E-state index contributed by atoms with van der Waals surface area (Å²) in [5.41, 5.74) is 0.630. The van der Waals surface area contributed by atoms with Gasteiger partial charge in [-0.2, -0.15) is 0 Å². The van der Waals surface area contributed by atoms with Crippen LogP contribution < -0.4 is 5.32 Å². The molecule has 0 saturated heterocycles. The van der Waals surface area contributed by atoms with Gasteiger partial charge in [0, 0.05) is 6.04 Å². The van der Waals surface area contributed by atoms with Crippen molar-refractivity contribution in [1.29, 1.82) is 0 Å². The number of rotatable bonds is 6. The summed E-state index contributed by atoms with van der Waals surface area (Å²) in [7, 11) is 2.23. The second kappa shape index (κ2) is 5.99. The van der Waals surface area contributed by atoms with Crippen LogP contribution in [0.1, 0.15) is 78.1 Å². The highest BCUT2D eigenvalue weighted by Gasteiger charge is 2.45. The zero-order valence-electron chi connectivity index (χ0n) is 14.0. The van der Waals surface area contributed by atoms with Gasteiger partial charge in [-0.05, 0) is 81.1 Å². The minimum Gasteiger partial charge on any atom is -0.316 e. The zero-order valence-corrected chi connectivity index (χ0v) is 14.0. The Morgan fingerprint density at radius 1 is 1.10 bits per heavy atom. The van der Waals surface area contributed by atoms with Gasteiger partial charge < -0.3 is 5.32 Å². The summed E-state index contributed by atoms with van der Waals surface area (Å²) in [6.07, 6.45) is 15.0. The first-order valence-electron chi connectivity index (χ1n) is 9.30. The van der Waals surface area contributed by atoms with Crippen LogP contribution >= 0.6 is 0 Å². The maximum absolute atomic E-state index is 3.78. The van der Waals surface area contributed by atoms with Crippen LogP contribution in [-0.4, -0.2) is 13.1 Å². The minimum absolute atomic E-state index is 0.630. The van der Waals surface area contributed by atoms with E-state index in [1.807, 2.05) is 0 Å². The van der Waals surface area contributed by atoms with Crippen LogP contribution in [0.25, 0.3) is 0 Å². The van der Waals surface area contributed by atoms with Crippen LogP contribution in [0.5, 0.6) is 0 Å². The Balaban J connectivity index is 1.67. The molecule has 0 radical (unpaired) electrons. The molecule has 3 aliphatic rings. The van der Waals surface area contributed by atoms with Gasteiger partial charge in [-0.1, -0.05) is 33.1 Å². The Morgan fingerprint density at radius 2 is 1.85 bits per heavy atom. The van der Waals surface area contributed by atoms with E-state index in [0.717, 1.165) is 29.7 Å². The maximum Gasteiger partial charge on any atom is 0.0123 e. The van der Waals surface area contributed by atoms with E-state index < -0.39 is 0 Å². The van der Waals surface area contributed by atoms with Crippen molar-refractivity contribution < 1.29 is 0 Å². The van der Waals surface area contributed by atoms with Crippen molar-refractivity contribution in [2.45, 2.75) is 84.1 Å². The minimum atomic E-state index is 0.630. The lowest BCUT2D eigenvalue weighted by molar-refractivity contribution is 0.126. The molecule has 0 heterocycles. The fraction of sp³-hybridized carbons (Fsp3) is 1.00. The molecule has 1 heteroatoms. The topological polar surface area (TPSA) is 12.0 Å². The SMILES string of the molecule is CNC(CC1CC2CCC1C2)C1(CC(C)C)CCCC1. The summed E-state index contributed by atoms with van der Waals surface area (Å²) in [4.78, 5) is 0. The normalized spacial score (nSPS) is 36.9. The molecule has 3 rings (SSSR count). The van der Waals surface area contributed by atoms with Gasteiger partial charge in [-0.25, -0.2) is 0 Å². The first kappa shape index (κ1) is 14.9. The van der Waals surface area contributed by atoms with Crippen LogP contribution in [0.2, 0.25) is 0 Å². The van der Waals surface area contributed by atoms with Crippen molar-refractivity contribution in [3.05, 3.63) is 0 Å². The number of hydrogen-bond donors (Lipinski definition) is 1. The van der Waals surface area contributed by atoms with Crippen LogP contribution in [0, 0.1) is 29.1 Å². The first-order chi connectivity index (χ1) is 9.63. The van der Waals surface area contributed by atoms with E-state index in [0.29, 0.717) is 5.41 Å². The monoisotopic (exact) mass is 277 g/mol. The van der Waals surface area contributed by atoms with Crippen molar-refractivity contribution in [1.82, 2.24) is 5.32 Å². The average molecular weight is 277 g/mol. The molecular weight excluding hydrogens is 242 g/mol. The Bertz CT molecular complexity index is 316. The highest BCUT2D eigenvalue weighted by atomic mass is 14.9. The molecule has 3 aliphatic carbocycles. The molecule has 116 valence electrons. The van der Waals surface area contributed by atoms with Crippen molar-refractivity contribution >= 4 is 0 Å². The van der Waals surface area contributed by atoms with Crippen LogP contribution in [0.3, 0.4) is 0 Å². The number of fused-ring (bicyclic) bond motifs is 2. The molecule has 4 atom stereocenters. The molecule has 4 unspecified atom stereocenters. The molecule has 0 aromatic heterocycles. The molecule has 20 heavy (non-hydrogen) atoms. The van der Waals surface area contributed by atoms with Crippen LogP contribution in [-0.2, 0) is 0 Å². The lowest BCUT2D eigenvalue weighted by atomic mass is 9.68. The Hall–Kier alpha value is -0.0400. The van der Waals surface area contributed by atoms with E-state index in [9.17, 15) is 0 Å². The average Bonchev–Trinajstić information content (AvgIpc) is 3.11. The van der Waals surface area contributed by atoms with Gasteiger partial charge in [0.15, 0.2) is 0 Å². The van der Waals surface area contributed by atoms with Gasteiger partial charge in [0.1, 0.15) is 0 Å². The highest BCUT2D eigenvalue weighted by Crippen LogP contribution is 2.53. The quantitative estimate of drug-likeness (QED) is 0.720. The molecule has 1 N–H and O–H groups in total. The van der Waals surface area contributed by atoms with Gasteiger partial charge in [0.2, 0.25) is 0 Å². The van der Waals surface area contributed by atoms with Crippen LogP contribution in [0.4, 0.5) is 0 Å². The van der Waals surface area contributed by atoms with Gasteiger partial charge in [-0.15, -0.1) is 0 Å². The zero-order chi connectivity index (χ0) is 14.2. The van der Waals surface area contributed by atoms with E-state index in [4.69, 9.17) is 0 Å². The lowest BCUT2D eigenvalue weighted by Gasteiger charge is -2.41. The van der Waals surface area contributed by atoms with Crippen LogP contribution in [0.15, 0.2) is 0 Å². The second-order valence-electron chi connectivity index (χ2n) is 8.68. The lowest BCUT2D eigenvalue weighted by Crippen LogP contribution is -2.44. The second-order valence-corrected chi connectivity index (χ2v) is 8.68. The maximum atomic E-state index is 3.78. The van der Waals surface area contributed by atoms with E-state index in [2.05, 4.69) is 26.2 Å². The highest BCUT2D eigenvalue weighted by molar-refractivity contribution is 4.99. The third-order valence-electron chi connectivity index (χ3n) is 6.92. The van der Waals surface area contributed by atoms with Crippen molar-refractivity contribution in [3.8, 4) is 0 Å². The van der Waals surface area contributed by atoms with Crippen molar-refractivity contribution in [2.24, 2.45) is 29.1 Å². The molecule has 0 aromatic rings. The predicted molar refractivity (Wildman–Crippen MR) is 86.8 cm³/mol. The molecular formula is C19H35N. The van der Waals surface area contributed by atoms with E-state index in [1.165, 1.54) is 38.5 Å². The molecule has 1 nitrogen and oxygen atoms in total. The summed E-state index contributed by atoms with van der Waals surface area (Å²) in [5.74, 6) is 4.10. The molecule has 0 amide bonds. The predicted octanol–water partition coefficient (Wildman–Crippen LogP) is 5.01. The van der Waals surface area contributed by atoms with Gasteiger partial charge in [-0.3, -0.25) is 0 Å². The first-order valence-corrected chi connectivity index (χ1v) is 9.30. The fourth-order valence-corrected chi connectivity index (χ4v) is 6.23. The standard InChI is InChI=1S/C19H35N/c1-14(2)13-19(8-4-5-9-19)18(20-3)12-17-11-15-6-7-16(17)10-15/h14-18,20H,4-13H2,1-3H3. The fourth-order valence-electron chi connectivity index (χ4n) is 6.23. The van der Waals surface area contributed by atoms with Crippen molar-refractivity contribution in [3.63, 3.8) is 0 Å². The third-order valence-corrected chi connectivity index (χ3v) is 6.92. The summed E-state index contributed by atoms with van der Waals surface area (Å²) in [6.45, 7) is 4.84. The number of nitrogens with one attached hydrogen (secondary N) is 1. The smallest absolute Gasteiger partial charge is 0.0123 e. The Kier molecular flexibility index (Phi) is 4.45. The largest absolute Gasteiger partial charge is 0.316 e. The molecule has 0 aromatic carbocycles. The molecule has 0 spiro atoms. The van der Waals surface area contributed by atoms with Crippen molar-refractivity contribution in [2.75, 3.05) is 7.05 Å². The van der Waals surface area contributed by atoms with Gasteiger partial charge in [0.25, 0.3) is 0 Å². The van der Waals surface area contributed by atoms with Gasteiger partial charge in [0.05, 0.1) is 0 Å². The third kappa shape index (κ3) is 2.80. The summed E-state index contributed by atoms with van der Waals surface area (Å²) in [6, 6.07) is 0.789. The summed E-state index contributed by atoms with van der Waals surface area (Å²) >= 11 is 0. The Labute approximate surface area is 126 Å². The summed E-state index contributed by atoms with van der Waals surface area (Å²) < 4.78 is 0. The van der Waals surface area contributed by atoms with Gasteiger partial charge >= 0.3 is 0 Å². The molecule has 2 bridgehead atoms. The van der Waals surface area contributed by atoms with E-state index >= 15 is 0 Å². The molecule has 0 aliphatic heterocycles.